The Balaban J connectivity index is 3.04. The van der Waals surface area contributed by atoms with Crippen molar-refractivity contribution in [2.45, 2.75) is 31.2 Å². The van der Waals surface area contributed by atoms with Crippen LogP contribution in [0.2, 0.25) is 0 Å². The van der Waals surface area contributed by atoms with Crippen LogP contribution in [0.15, 0.2) is 29.2 Å². The first kappa shape index (κ1) is 15.6. The highest BCUT2D eigenvalue weighted by atomic mass is 32.2. The number of aliphatic carboxylic acids is 1. The molecule has 5 nitrogen and oxygen atoms in total. The molecule has 0 spiro atoms. The maximum atomic E-state index is 13.0. The standard InChI is InChI=1S/C12H16FNO4S/c1-3-8(2)11(12(15)16)14-19(17,18)10-6-4-5-9(13)7-10/h4-8,11,14H,3H2,1-2H3,(H,15,16). The van der Waals surface area contributed by atoms with Crippen molar-refractivity contribution in [2.75, 3.05) is 0 Å². The van der Waals surface area contributed by atoms with Crippen molar-refractivity contribution in [3.05, 3.63) is 30.1 Å². The first-order chi connectivity index (χ1) is 8.77. The quantitative estimate of drug-likeness (QED) is 0.833. The summed E-state index contributed by atoms with van der Waals surface area (Å²) in [6, 6.07) is 3.18. The van der Waals surface area contributed by atoms with E-state index >= 15 is 0 Å². The summed E-state index contributed by atoms with van der Waals surface area (Å²) >= 11 is 0. The number of benzene rings is 1. The molecule has 0 bridgehead atoms. The van der Waals surface area contributed by atoms with Gasteiger partial charge in [-0.2, -0.15) is 4.72 Å². The Labute approximate surface area is 111 Å². The van der Waals surface area contributed by atoms with E-state index in [9.17, 15) is 17.6 Å². The molecule has 0 aliphatic heterocycles. The zero-order chi connectivity index (χ0) is 14.6. The molecule has 7 heteroatoms. The fraction of sp³-hybridized carbons (Fsp3) is 0.417. The third-order valence-electron chi connectivity index (χ3n) is 2.87. The smallest absolute Gasteiger partial charge is 0.322 e. The molecular weight excluding hydrogens is 273 g/mol. The van der Waals surface area contributed by atoms with Crippen molar-refractivity contribution in [2.24, 2.45) is 5.92 Å². The fourth-order valence-corrected chi connectivity index (χ4v) is 2.84. The van der Waals surface area contributed by atoms with Gasteiger partial charge in [-0.1, -0.05) is 26.3 Å². The minimum Gasteiger partial charge on any atom is -0.480 e. The van der Waals surface area contributed by atoms with Gasteiger partial charge in [-0.15, -0.1) is 0 Å². The van der Waals surface area contributed by atoms with E-state index in [-0.39, 0.29) is 10.8 Å². The summed E-state index contributed by atoms with van der Waals surface area (Å²) in [5.74, 6) is -2.33. The second kappa shape index (κ2) is 6.12. The average molecular weight is 289 g/mol. The monoisotopic (exact) mass is 289 g/mol. The molecule has 106 valence electrons. The van der Waals surface area contributed by atoms with Gasteiger partial charge in [-0.25, -0.2) is 12.8 Å². The number of nitrogens with one attached hydrogen (secondary N) is 1. The molecule has 0 aromatic heterocycles. The SMILES string of the molecule is CCC(C)C(NS(=O)(=O)c1cccc(F)c1)C(=O)O. The highest BCUT2D eigenvalue weighted by molar-refractivity contribution is 7.89. The molecule has 0 aliphatic rings. The second-order valence-electron chi connectivity index (χ2n) is 4.28. The molecule has 0 saturated heterocycles. The summed E-state index contributed by atoms with van der Waals surface area (Å²) in [4.78, 5) is 10.8. The van der Waals surface area contributed by atoms with Crippen LogP contribution in [-0.2, 0) is 14.8 Å². The van der Waals surface area contributed by atoms with Crippen LogP contribution < -0.4 is 4.72 Å². The number of hydrogen-bond donors (Lipinski definition) is 2. The van der Waals surface area contributed by atoms with Crippen LogP contribution in [-0.4, -0.2) is 25.5 Å². The van der Waals surface area contributed by atoms with Crippen LogP contribution in [0, 0.1) is 11.7 Å². The zero-order valence-electron chi connectivity index (χ0n) is 10.6. The van der Waals surface area contributed by atoms with Crippen LogP contribution in [0.5, 0.6) is 0 Å². The van der Waals surface area contributed by atoms with Crippen molar-refractivity contribution < 1.29 is 22.7 Å². The van der Waals surface area contributed by atoms with Crippen LogP contribution >= 0.6 is 0 Å². The Bertz CT molecular complexity index is 559. The molecule has 0 aliphatic carbocycles. The maximum absolute atomic E-state index is 13.0. The molecule has 0 amide bonds. The first-order valence-electron chi connectivity index (χ1n) is 5.78. The van der Waals surface area contributed by atoms with Crippen molar-refractivity contribution in [3.63, 3.8) is 0 Å². The number of carboxylic acids is 1. The van der Waals surface area contributed by atoms with Gasteiger partial charge in [0, 0.05) is 0 Å². The van der Waals surface area contributed by atoms with Gasteiger partial charge >= 0.3 is 5.97 Å². The lowest BCUT2D eigenvalue weighted by molar-refractivity contribution is -0.140. The van der Waals surface area contributed by atoms with Crippen molar-refractivity contribution in [1.29, 1.82) is 0 Å². The third-order valence-corrected chi connectivity index (χ3v) is 4.31. The number of hydrogen-bond acceptors (Lipinski definition) is 3. The van der Waals surface area contributed by atoms with Crippen LogP contribution in [0.4, 0.5) is 4.39 Å². The van der Waals surface area contributed by atoms with Gasteiger partial charge in [0.1, 0.15) is 11.9 Å². The van der Waals surface area contributed by atoms with E-state index in [0.29, 0.717) is 6.42 Å². The predicted molar refractivity (Wildman–Crippen MR) is 67.6 cm³/mol. The third kappa shape index (κ3) is 4.00. The van der Waals surface area contributed by atoms with Crippen LogP contribution in [0.3, 0.4) is 0 Å². The largest absolute Gasteiger partial charge is 0.480 e. The summed E-state index contributed by atoms with van der Waals surface area (Å²) in [7, 11) is -4.05. The van der Waals surface area contributed by atoms with Crippen LogP contribution in [0.1, 0.15) is 20.3 Å². The Morgan fingerprint density at radius 1 is 1.47 bits per heavy atom. The molecule has 0 radical (unpaired) electrons. The Kier molecular flexibility index (Phi) is 5.02. The molecule has 1 aromatic rings. The Hall–Kier alpha value is -1.47. The van der Waals surface area contributed by atoms with E-state index in [1.165, 1.54) is 12.1 Å². The van der Waals surface area contributed by atoms with Gasteiger partial charge < -0.3 is 5.11 Å². The minimum absolute atomic E-state index is 0.290. The summed E-state index contributed by atoms with van der Waals surface area (Å²) < 4.78 is 39.1. The lowest BCUT2D eigenvalue weighted by atomic mass is 10.0. The van der Waals surface area contributed by atoms with Crippen molar-refractivity contribution in [3.8, 4) is 0 Å². The number of carbonyl (C=O) groups is 1. The molecule has 2 unspecified atom stereocenters. The van der Waals surface area contributed by atoms with Gasteiger partial charge in [-0.3, -0.25) is 4.79 Å². The summed E-state index contributed by atoms with van der Waals surface area (Å²) in [6.45, 7) is 3.39. The highest BCUT2D eigenvalue weighted by Crippen LogP contribution is 2.15. The summed E-state index contributed by atoms with van der Waals surface area (Å²) in [5, 5.41) is 9.04. The highest BCUT2D eigenvalue weighted by Gasteiger charge is 2.29. The van der Waals surface area contributed by atoms with E-state index in [1.807, 2.05) is 0 Å². The van der Waals surface area contributed by atoms with E-state index in [4.69, 9.17) is 5.11 Å². The molecule has 0 fully saturated rings. The minimum atomic E-state index is -4.05. The van der Waals surface area contributed by atoms with E-state index in [0.717, 1.165) is 12.1 Å². The predicted octanol–water partition coefficient (Wildman–Crippen LogP) is 1.60. The summed E-state index contributed by atoms with van der Waals surface area (Å²) in [6.07, 6.45) is 0.503. The first-order valence-corrected chi connectivity index (χ1v) is 7.27. The van der Waals surface area contributed by atoms with Crippen molar-refractivity contribution in [1.82, 2.24) is 4.72 Å². The molecule has 0 heterocycles. The topological polar surface area (TPSA) is 83.5 Å². The molecule has 1 rings (SSSR count). The number of sulfonamides is 1. The zero-order valence-corrected chi connectivity index (χ0v) is 11.4. The summed E-state index contributed by atoms with van der Waals surface area (Å²) in [5.41, 5.74) is 0. The molecule has 0 saturated carbocycles. The maximum Gasteiger partial charge on any atom is 0.322 e. The van der Waals surface area contributed by atoms with E-state index in [2.05, 4.69) is 4.72 Å². The van der Waals surface area contributed by atoms with Gasteiger partial charge in [0.05, 0.1) is 4.90 Å². The fourth-order valence-electron chi connectivity index (χ4n) is 1.52. The molecule has 1 aromatic carbocycles. The molecular formula is C12H16FNO4S. The number of halogens is 1. The molecule has 2 N–H and O–H groups in total. The average Bonchev–Trinajstić information content (AvgIpc) is 2.35. The van der Waals surface area contributed by atoms with Gasteiger partial charge in [0.2, 0.25) is 10.0 Å². The van der Waals surface area contributed by atoms with Crippen LogP contribution in [0.25, 0.3) is 0 Å². The van der Waals surface area contributed by atoms with Gasteiger partial charge in [0.25, 0.3) is 0 Å². The molecule has 2 atom stereocenters. The van der Waals surface area contributed by atoms with E-state index in [1.54, 1.807) is 13.8 Å². The van der Waals surface area contributed by atoms with Gasteiger partial charge in [0.15, 0.2) is 0 Å². The molecule has 19 heavy (non-hydrogen) atoms. The Morgan fingerprint density at radius 3 is 2.58 bits per heavy atom. The van der Waals surface area contributed by atoms with Crippen molar-refractivity contribution >= 4 is 16.0 Å². The number of rotatable bonds is 6. The lowest BCUT2D eigenvalue weighted by Gasteiger charge is -2.20. The number of carboxylic acid groups (broad SMARTS) is 1. The lowest BCUT2D eigenvalue weighted by Crippen LogP contribution is -2.44. The normalized spacial score (nSPS) is 14.9. The second-order valence-corrected chi connectivity index (χ2v) is 5.99. The Morgan fingerprint density at radius 2 is 2.11 bits per heavy atom. The van der Waals surface area contributed by atoms with E-state index < -0.39 is 27.9 Å². The van der Waals surface area contributed by atoms with Gasteiger partial charge in [-0.05, 0) is 24.1 Å².